The first kappa shape index (κ1) is 19.8. The third kappa shape index (κ3) is 3.50. The highest BCUT2D eigenvalue weighted by atomic mass is 16.5. The average Bonchev–Trinajstić information content (AvgIpc) is 3.46. The van der Waals surface area contributed by atoms with Crippen LogP contribution in [0.15, 0.2) is 47.1 Å². The maximum absolute atomic E-state index is 12.4. The summed E-state index contributed by atoms with van der Waals surface area (Å²) in [7, 11) is 1.42. The molecular weight excluding hydrogens is 394 g/mol. The molecule has 0 N–H and O–H groups in total. The van der Waals surface area contributed by atoms with Crippen LogP contribution in [0.3, 0.4) is 0 Å². The lowest BCUT2D eigenvalue weighted by Gasteiger charge is -2.48. The Hall–Kier alpha value is -3.13. The van der Waals surface area contributed by atoms with Gasteiger partial charge in [-0.25, -0.2) is 4.79 Å². The van der Waals surface area contributed by atoms with Crippen molar-refractivity contribution in [2.24, 2.45) is 0 Å². The number of hydrogen-bond acceptors (Lipinski definition) is 6. The van der Waals surface area contributed by atoms with Crippen LogP contribution in [0.2, 0.25) is 0 Å². The van der Waals surface area contributed by atoms with Gasteiger partial charge < -0.3 is 9.15 Å². The van der Waals surface area contributed by atoms with Gasteiger partial charge in [0.15, 0.2) is 17.4 Å². The minimum absolute atomic E-state index is 0.282. The molecule has 1 saturated heterocycles. The van der Waals surface area contributed by atoms with E-state index >= 15 is 0 Å². The van der Waals surface area contributed by atoms with Gasteiger partial charge in [-0.1, -0.05) is 24.3 Å². The van der Waals surface area contributed by atoms with Gasteiger partial charge in [0.25, 0.3) is 0 Å². The van der Waals surface area contributed by atoms with Crippen LogP contribution in [0.1, 0.15) is 29.8 Å². The molecule has 1 fully saturated rings. The van der Waals surface area contributed by atoms with Crippen LogP contribution in [-0.4, -0.2) is 57.4 Å². The van der Waals surface area contributed by atoms with Crippen molar-refractivity contribution in [3.8, 4) is 11.6 Å². The molecule has 0 aliphatic carbocycles. The zero-order chi connectivity index (χ0) is 21.4. The first-order chi connectivity index (χ1) is 15.1. The molecule has 8 nitrogen and oxygen atoms in total. The highest BCUT2D eigenvalue weighted by Crippen LogP contribution is 2.39. The van der Waals surface area contributed by atoms with Gasteiger partial charge in [0.05, 0.1) is 25.5 Å². The molecule has 1 aromatic carbocycles. The second-order valence-electron chi connectivity index (χ2n) is 8.51. The summed E-state index contributed by atoms with van der Waals surface area (Å²) in [4.78, 5) is 16.6. The maximum atomic E-state index is 12.4. The second kappa shape index (κ2) is 7.85. The fourth-order valence-corrected chi connectivity index (χ4v) is 4.93. The minimum Gasteiger partial charge on any atom is -0.461 e. The van der Waals surface area contributed by atoms with Crippen LogP contribution in [0.4, 0.5) is 4.79 Å². The summed E-state index contributed by atoms with van der Waals surface area (Å²) >= 11 is 0. The van der Waals surface area contributed by atoms with E-state index in [1.807, 2.05) is 12.1 Å². The predicted octanol–water partition coefficient (Wildman–Crippen LogP) is 3.42. The lowest BCUT2D eigenvalue weighted by molar-refractivity contribution is 0.0339. The number of furan rings is 1. The third-order valence-corrected chi connectivity index (χ3v) is 6.64. The van der Waals surface area contributed by atoms with E-state index in [0.29, 0.717) is 18.8 Å². The molecule has 0 saturated carbocycles. The summed E-state index contributed by atoms with van der Waals surface area (Å²) in [6.07, 6.45) is 3.12. The van der Waals surface area contributed by atoms with E-state index in [9.17, 15) is 4.79 Å². The lowest BCUT2D eigenvalue weighted by Crippen LogP contribution is -2.57. The fourth-order valence-electron chi connectivity index (χ4n) is 4.93. The number of benzene rings is 1. The highest BCUT2D eigenvalue weighted by Gasteiger charge is 2.46. The van der Waals surface area contributed by atoms with Crippen molar-refractivity contribution in [2.75, 3.05) is 26.7 Å². The van der Waals surface area contributed by atoms with Gasteiger partial charge in [-0.3, -0.25) is 14.4 Å². The summed E-state index contributed by atoms with van der Waals surface area (Å²) in [5, 5.41) is 8.85. The number of fused-ring (bicyclic) bond motifs is 2. The van der Waals surface area contributed by atoms with Crippen molar-refractivity contribution < 1.29 is 13.9 Å². The first-order valence-corrected chi connectivity index (χ1v) is 10.7. The molecule has 0 unspecified atom stereocenters. The van der Waals surface area contributed by atoms with Crippen LogP contribution in [0, 0.1) is 6.92 Å². The smallest absolute Gasteiger partial charge is 0.409 e. The molecule has 3 aromatic rings. The van der Waals surface area contributed by atoms with Gasteiger partial charge in [0.1, 0.15) is 0 Å². The van der Waals surface area contributed by atoms with Crippen molar-refractivity contribution >= 4 is 6.09 Å². The number of amides is 1. The summed E-state index contributed by atoms with van der Waals surface area (Å²) in [6.45, 7) is 5.92. The molecule has 8 heteroatoms. The molecule has 0 bridgehead atoms. The van der Waals surface area contributed by atoms with E-state index in [1.165, 1.54) is 18.2 Å². The molecule has 0 atom stereocenters. The fraction of sp³-hybridized carbons (Fsp3) is 0.435. The zero-order valence-corrected chi connectivity index (χ0v) is 18.0. The first-order valence-electron chi connectivity index (χ1n) is 10.7. The molecule has 1 amide bonds. The van der Waals surface area contributed by atoms with Gasteiger partial charge in [0.2, 0.25) is 0 Å². The molecule has 2 aromatic heterocycles. The number of methoxy groups -OCH3 is 1. The quantitative estimate of drug-likeness (QED) is 0.645. The van der Waals surface area contributed by atoms with E-state index in [-0.39, 0.29) is 11.6 Å². The molecule has 162 valence electrons. The Kier molecular flexibility index (Phi) is 5.02. The molecule has 5 rings (SSSR count). The standard InChI is InChI=1S/C23H27N5O3/c1-17-6-3-4-7-18(17)14-26-11-9-23(10-12-26)16-27(22(29)30-2)15-20-24-25-21(28(20)23)19-8-5-13-31-19/h3-8,13H,9-12,14-16H2,1-2H3. The highest BCUT2D eigenvalue weighted by molar-refractivity contribution is 5.68. The summed E-state index contributed by atoms with van der Waals surface area (Å²) in [6, 6.07) is 12.3. The number of piperidine rings is 1. The SMILES string of the molecule is COC(=O)N1Cc2nnc(-c3ccco3)n2C2(CCN(Cc3ccccc3C)CC2)C1. The second-order valence-corrected chi connectivity index (χ2v) is 8.51. The van der Waals surface area contributed by atoms with Crippen molar-refractivity contribution in [3.05, 3.63) is 59.6 Å². The summed E-state index contributed by atoms with van der Waals surface area (Å²) in [5.74, 6) is 2.21. The Morgan fingerprint density at radius 3 is 2.68 bits per heavy atom. The monoisotopic (exact) mass is 421 g/mol. The van der Waals surface area contributed by atoms with E-state index in [2.05, 4.69) is 50.9 Å². The van der Waals surface area contributed by atoms with Crippen molar-refractivity contribution in [3.63, 3.8) is 0 Å². The van der Waals surface area contributed by atoms with E-state index in [0.717, 1.165) is 44.1 Å². The lowest BCUT2D eigenvalue weighted by atomic mass is 9.84. The van der Waals surface area contributed by atoms with Crippen LogP contribution in [0.25, 0.3) is 11.6 Å². The Morgan fingerprint density at radius 2 is 1.97 bits per heavy atom. The molecular formula is C23H27N5O3. The number of carbonyl (C=O) groups excluding carboxylic acids is 1. The van der Waals surface area contributed by atoms with Crippen molar-refractivity contribution in [1.29, 1.82) is 0 Å². The number of aromatic nitrogens is 3. The van der Waals surface area contributed by atoms with Gasteiger partial charge >= 0.3 is 6.09 Å². The van der Waals surface area contributed by atoms with Crippen LogP contribution >= 0.6 is 0 Å². The number of nitrogens with zero attached hydrogens (tertiary/aromatic N) is 5. The number of hydrogen-bond donors (Lipinski definition) is 0. The molecule has 2 aliphatic heterocycles. The van der Waals surface area contributed by atoms with E-state index in [4.69, 9.17) is 9.15 Å². The number of likely N-dealkylation sites (tertiary alicyclic amines) is 1. The minimum atomic E-state index is -0.324. The Balaban J connectivity index is 1.44. The molecule has 31 heavy (non-hydrogen) atoms. The molecule has 4 heterocycles. The number of carbonyl (C=O) groups is 1. The summed E-state index contributed by atoms with van der Waals surface area (Å²) < 4.78 is 12.9. The molecule has 1 spiro atoms. The summed E-state index contributed by atoms with van der Waals surface area (Å²) in [5.41, 5.74) is 2.40. The largest absolute Gasteiger partial charge is 0.461 e. The maximum Gasteiger partial charge on any atom is 0.409 e. The van der Waals surface area contributed by atoms with Gasteiger partial charge in [-0.2, -0.15) is 0 Å². The zero-order valence-electron chi connectivity index (χ0n) is 18.0. The Labute approximate surface area is 181 Å². The van der Waals surface area contributed by atoms with Crippen LogP contribution < -0.4 is 0 Å². The van der Waals surface area contributed by atoms with Gasteiger partial charge in [-0.05, 0) is 43.0 Å². The normalized spacial score (nSPS) is 18.2. The number of rotatable bonds is 3. The third-order valence-electron chi connectivity index (χ3n) is 6.64. The average molecular weight is 422 g/mol. The molecule has 0 radical (unpaired) electrons. The topological polar surface area (TPSA) is 76.6 Å². The number of ether oxygens (including phenoxy) is 1. The predicted molar refractivity (Wildman–Crippen MR) is 114 cm³/mol. The van der Waals surface area contributed by atoms with E-state index < -0.39 is 0 Å². The van der Waals surface area contributed by atoms with Gasteiger partial charge in [-0.15, -0.1) is 10.2 Å². The Morgan fingerprint density at radius 1 is 1.16 bits per heavy atom. The van der Waals surface area contributed by atoms with Crippen LogP contribution in [0.5, 0.6) is 0 Å². The van der Waals surface area contributed by atoms with Crippen molar-refractivity contribution in [1.82, 2.24) is 24.6 Å². The number of aryl methyl sites for hydroxylation is 1. The van der Waals surface area contributed by atoms with E-state index in [1.54, 1.807) is 11.2 Å². The van der Waals surface area contributed by atoms with Crippen LogP contribution in [-0.2, 0) is 23.4 Å². The Bertz CT molecular complexity index is 1070. The van der Waals surface area contributed by atoms with Gasteiger partial charge in [0, 0.05) is 26.2 Å². The molecule has 2 aliphatic rings. The van der Waals surface area contributed by atoms with Crippen molar-refractivity contribution in [2.45, 2.75) is 38.4 Å².